The van der Waals surface area contributed by atoms with Gasteiger partial charge in [0.25, 0.3) is 0 Å². The zero-order valence-corrected chi connectivity index (χ0v) is 30.9. The Labute approximate surface area is 323 Å². The maximum Gasteiger partial charge on any atom is 0.247 e. The fourth-order valence-electron chi connectivity index (χ4n) is 8.14. The van der Waals surface area contributed by atoms with Crippen molar-refractivity contribution in [2.24, 2.45) is 0 Å². The van der Waals surface area contributed by atoms with E-state index in [2.05, 4.69) is 179 Å². The molecule has 0 spiro atoms. The number of hydrogen-bond acceptors (Lipinski definition) is 3. The molecule has 2 radical (unpaired) electrons. The van der Waals surface area contributed by atoms with E-state index in [0.717, 1.165) is 66.3 Å². The van der Waals surface area contributed by atoms with E-state index >= 15 is 0 Å². The molecule has 0 bridgehead atoms. The van der Waals surface area contributed by atoms with Crippen LogP contribution in [0.4, 0.5) is 0 Å². The van der Waals surface area contributed by atoms with Crippen molar-refractivity contribution in [2.75, 3.05) is 0 Å². The van der Waals surface area contributed by atoms with Gasteiger partial charge in [-0.05, 0) is 46.8 Å². The summed E-state index contributed by atoms with van der Waals surface area (Å²) in [6, 6.07) is 62.8. The first-order chi connectivity index (χ1) is 26.3. The molecule has 0 unspecified atom stereocenters. The first kappa shape index (κ1) is 32.3. The Bertz CT molecular complexity index is 3150. The van der Waals surface area contributed by atoms with Crippen LogP contribution >= 0.6 is 0 Å². The first-order valence-electron chi connectivity index (χ1n) is 17.9. The summed E-state index contributed by atoms with van der Waals surface area (Å²) in [4.78, 5) is 15.8. The van der Waals surface area contributed by atoms with Crippen molar-refractivity contribution in [3.05, 3.63) is 182 Å². The van der Waals surface area contributed by atoms with E-state index in [1.54, 1.807) is 0 Å². The van der Waals surface area contributed by atoms with Gasteiger partial charge in [0.15, 0.2) is 0 Å². The second-order valence-corrected chi connectivity index (χ2v) is 15.7. The molecule has 0 aliphatic carbocycles. The summed E-state index contributed by atoms with van der Waals surface area (Å²) in [5, 5.41) is 9.54. The molecular formula is C47H30CoN5Si. The predicted octanol–water partition coefficient (Wildman–Crippen LogP) is 9.70. The number of pyridine rings is 3. The summed E-state index contributed by atoms with van der Waals surface area (Å²) in [7, 11) is -1.52. The van der Waals surface area contributed by atoms with Crippen LogP contribution in [0.15, 0.2) is 182 Å². The monoisotopic (exact) mass is 751 g/mol. The molecule has 5 nitrogen and oxygen atoms in total. The smallest absolute Gasteiger partial charge is 0.247 e. The van der Waals surface area contributed by atoms with Crippen LogP contribution in [0.1, 0.15) is 0 Å². The van der Waals surface area contributed by atoms with Crippen molar-refractivity contribution < 1.29 is 16.8 Å². The number of benzene rings is 6. The number of para-hydroxylation sites is 3. The molecule has 0 fully saturated rings. The second-order valence-electron chi connectivity index (χ2n) is 13.4. The molecule has 0 atom stereocenters. The van der Waals surface area contributed by atoms with E-state index in [0.29, 0.717) is 0 Å². The molecule has 7 heteroatoms. The molecule has 0 amide bonds. The minimum atomic E-state index is -1.52. The SMILES string of the molecule is [Co].c1ccc([Si](c2ccccc2)n2c3ccccc3c3ccc4cc5c6ccccc6n(-c6cccc(-c7cccc8cccnc78)n6)c5nc4c32)cc1. The minimum Gasteiger partial charge on any atom is -0.357 e. The summed E-state index contributed by atoms with van der Waals surface area (Å²) in [6.45, 7) is 0. The first-order valence-corrected chi connectivity index (χ1v) is 19.3. The van der Waals surface area contributed by atoms with Gasteiger partial charge in [0.1, 0.15) is 11.5 Å². The molecule has 0 aliphatic heterocycles. The molecule has 5 aromatic heterocycles. The van der Waals surface area contributed by atoms with Gasteiger partial charge in [-0.2, -0.15) is 0 Å². The molecule has 0 aliphatic rings. The van der Waals surface area contributed by atoms with Gasteiger partial charge in [-0.1, -0.05) is 140 Å². The Morgan fingerprint density at radius 2 is 1.13 bits per heavy atom. The van der Waals surface area contributed by atoms with E-state index in [-0.39, 0.29) is 16.8 Å². The second kappa shape index (κ2) is 12.9. The zero-order chi connectivity index (χ0) is 34.9. The van der Waals surface area contributed by atoms with E-state index < -0.39 is 8.96 Å². The van der Waals surface area contributed by atoms with Crippen LogP contribution in [0.25, 0.3) is 82.6 Å². The number of nitrogens with zero attached hydrogens (tertiary/aromatic N) is 5. The standard InChI is InChI=1S/C47H30N5Si.Co/c1-3-16-33(17-4-1)53(34-18-5-2-6-19-34)52-42-25-10-8-20-35(42)37-28-27-32-30-39-36-21-7-9-24-41(36)51(47(39)50-45(32)46(37)52)43-26-12-23-40(49-43)38-22-11-14-31-15-13-29-48-44(31)38;/h1-30H;. The van der Waals surface area contributed by atoms with Crippen LogP contribution in [0.5, 0.6) is 0 Å². The van der Waals surface area contributed by atoms with E-state index in [4.69, 9.17) is 15.0 Å². The fraction of sp³-hybridized carbons (Fsp3) is 0. The van der Waals surface area contributed by atoms with E-state index in [1.165, 1.54) is 26.7 Å². The fourth-order valence-corrected chi connectivity index (χ4v) is 10.9. The molecule has 0 N–H and O–H groups in total. The third-order valence-corrected chi connectivity index (χ3v) is 13.1. The van der Waals surface area contributed by atoms with E-state index in [9.17, 15) is 0 Å². The van der Waals surface area contributed by atoms with Gasteiger partial charge in [0.05, 0.1) is 27.8 Å². The minimum absolute atomic E-state index is 0. The van der Waals surface area contributed by atoms with Gasteiger partial charge >= 0.3 is 0 Å². The van der Waals surface area contributed by atoms with Crippen LogP contribution < -0.4 is 10.4 Å². The number of rotatable bonds is 5. The van der Waals surface area contributed by atoms with Crippen molar-refractivity contribution in [1.82, 2.24) is 23.8 Å². The molecular weight excluding hydrogens is 722 g/mol. The largest absolute Gasteiger partial charge is 0.357 e. The number of fused-ring (bicyclic) bond motifs is 9. The third-order valence-electron chi connectivity index (χ3n) is 10.4. The Balaban J connectivity index is 0.00000361. The molecule has 0 saturated heterocycles. The van der Waals surface area contributed by atoms with Crippen LogP contribution in [-0.4, -0.2) is 32.7 Å². The summed E-state index contributed by atoms with van der Waals surface area (Å²) < 4.78 is 4.85. The predicted molar refractivity (Wildman–Crippen MR) is 221 cm³/mol. The van der Waals surface area contributed by atoms with Crippen molar-refractivity contribution in [3.8, 4) is 17.1 Å². The van der Waals surface area contributed by atoms with Gasteiger partial charge < -0.3 is 4.23 Å². The molecule has 0 saturated carbocycles. The normalized spacial score (nSPS) is 11.7. The Morgan fingerprint density at radius 1 is 0.463 bits per heavy atom. The van der Waals surface area contributed by atoms with Gasteiger partial charge in [-0.3, -0.25) is 9.55 Å². The average Bonchev–Trinajstić information content (AvgIpc) is 3.73. The van der Waals surface area contributed by atoms with Gasteiger partial charge in [-0.25, -0.2) is 9.97 Å². The van der Waals surface area contributed by atoms with Crippen molar-refractivity contribution in [3.63, 3.8) is 0 Å². The van der Waals surface area contributed by atoms with Crippen LogP contribution in [0.3, 0.4) is 0 Å². The maximum atomic E-state index is 5.70. The summed E-state index contributed by atoms with van der Waals surface area (Å²) in [6.07, 6.45) is 1.85. The quantitative estimate of drug-likeness (QED) is 0.165. The van der Waals surface area contributed by atoms with Crippen molar-refractivity contribution in [2.45, 2.75) is 0 Å². The zero-order valence-electron chi connectivity index (χ0n) is 28.9. The maximum absolute atomic E-state index is 5.70. The van der Waals surface area contributed by atoms with E-state index in [1.807, 2.05) is 12.3 Å². The molecule has 5 heterocycles. The Hall–Kier alpha value is -6.39. The van der Waals surface area contributed by atoms with Gasteiger partial charge in [0.2, 0.25) is 8.96 Å². The molecule has 11 aromatic rings. The van der Waals surface area contributed by atoms with Crippen molar-refractivity contribution >= 4 is 84.9 Å². The number of aromatic nitrogens is 5. The summed E-state index contributed by atoms with van der Waals surface area (Å²) in [5.41, 5.74) is 8.14. The van der Waals surface area contributed by atoms with Gasteiger partial charge in [0, 0.05) is 66.4 Å². The third kappa shape index (κ3) is 4.94. The number of hydrogen-bond donors (Lipinski definition) is 0. The van der Waals surface area contributed by atoms with Crippen LogP contribution in [-0.2, 0) is 16.8 Å². The Morgan fingerprint density at radius 3 is 1.91 bits per heavy atom. The molecule has 54 heavy (non-hydrogen) atoms. The summed E-state index contributed by atoms with van der Waals surface area (Å²) >= 11 is 0. The molecule has 6 aromatic carbocycles. The average molecular weight is 752 g/mol. The van der Waals surface area contributed by atoms with Gasteiger partial charge in [-0.15, -0.1) is 0 Å². The summed E-state index contributed by atoms with van der Waals surface area (Å²) in [5.74, 6) is 0.819. The van der Waals surface area contributed by atoms with Crippen LogP contribution in [0, 0.1) is 0 Å². The topological polar surface area (TPSA) is 48.5 Å². The molecule has 256 valence electrons. The van der Waals surface area contributed by atoms with Crippen molar-refractivity contribution in [1.29, 1.82) is 0 Å². The van der Waals surface area contributed by atoms with Crippen LogP contribution in [0.2, 0.25) is 0 Å². The Kier molecular flexibility index (Phi) is 7.73. The molecule has 11 rings (SSSR count).